The Morgan fingerprint density at radius 2 is 1.91 bits per heavy atom. The van der Waals surface area contributed by atoms with E-state index in [9.17, 15) is 38.2 Å². The number of nitrogens with one attached hydrogen (secondary N) is 1. The molecule has 17 nitrogen and oxygen atoms in total. The van der Waals surface area contributed by atoms with Crippen molar-refractivity contribution in [2.75, 3.05) is 6.61 Å². The van der Waals surface area contributed by atoms with Crippen LogP contribution in [0, 0.1) is 18.3 Å². The van der Waals surface area contributed by atoms with Crippen LogP contribution in [-0.4, -0.2) is 63.9 Å². The van der Waals surface area contributed by atoms with Gasteiger partial charge in [-0.15, -0.1) is 6.42 Å². The smallest absolute Gasteiger partial charge is 0.396 e. The van der Waals surface area contributed by atoms with Gasteiger partial charge in [0.05, 0.1) is 24.7 Å². The minimum absolute atomic E-state index is 0.307. The van der Waals surface area contributed by atoms with E-state index in [1.807, 2.05) is 0 Å². The minimum Gasteiger partial charge on any atom is -0.396 e. The molecule has 1 aliphatic heterocycles. The summed E-state index contributed by atoms with van der Waals surface area (Å²) in [4.78, 5) is 60.9. The quantitative estimate of drug-likeness (QED) is 0.154. The number of aromatic amines is 1. The molecule has 1 aliphatic rings. The number of nitrogens with zero attached hydrogens (tertiary/aromatic N) is 2. The predicted octanol–water partition coefficient (Wildman–Crippen LogP) is -1.49. The average molecular weight is 539 g/mol. The second-order valence-corrected chi connectivity index (χ2v) is 10.8. The molecule has 33 heavy (non-hydrogen) atoms. The number of halogens is 1. The first-order valence-electron chi connectivity index (χ1n) is 8.38. The van der Waals surface area contributed by atoms with Crippen molar-refractivity contribution in [3.05, 3.63) is 27.0 Å². The molecule has 0 radical (unpaired) electrons. The Kier molecular flexibility index (Phi) is 8.04. The highest BCUT2D eigenvalue weighted by atomic mass is 31.3. The molecule has 7 atom stereocenters. The Morgan fingerprint density at radius 3 is 2.39 bits per heavy atom. The van der Waals surface area contributed by atoms with E-state index in [0.717, 1.165) is 6.92 Å². The summed E-state index contributed by atoms with van der Waals surface area (Å²) in [5.41, 5.74) is -5.17. The van der Waals surface area contributed by atoms with Crippen molar-refractivity contribution in [3.63, 3.8) is 0 Å². The fraction of sp³-hybridized carbons (Fsp3) is 0.583. The fourth-order valence-electron chi connectivity index (χ4n) is 2.95. The van der Waals surface area contributed by atoms with Crippen LogP contribution in [0.5, 0.6) is 0 Å². The Morgan fingerprint density at radius 1 is 1.30 bits per heavy atom. The van der Waals surface area contributed by atoms with Gasteiger partial charge in [0.1, 0.15) is 6.20 Å². The number of terminal acetylenes is 1. The summed E-state index contributed by atoms with van der Waals surface area (Å²) in [5, 5.41) is 13.1. The maximum absolute atomic E-state index is 15.6. The maximum atomic E-state index is 15.6. The first-order valence-corrected chi connectivity index (χ1v) is 12.9. The second kappa shape index (κ2) is 9.59. The van der Waals surface area contributed by atoms with E-state index in [2.05, 4.69) is 18.2 Å². The lowest BCUT2D eigenvalue weighted by Crippen LogP contribution is -2.45. The van der Waals surface area contributed by atoms with Gasteiger partial charge in [-0.3, -0.25) is 14.3 Å². The highest BCUT2D eigenvalue weighted by Gasteiger charge is 2.60. The topological polar surface area (TPSA) is 257 Å². The third-order valence-electron chi connectivity index (χ3n) is 4.14. The molecule has 1 aromatic heterocycles. The van der Waals surface area contributed by atoms with E-state index in [4.69, 9.17) is 20.9 Å². The van der Waals surface area contributed by atoms with E-state index in [1.165, 1.54) is 0 Å². The van der Waals surface area contributed by atoms with Crippen molar-refractivity contribution in [1.29, 1.82) is 0 Å². The fourth-order valence-corrected chi connectivity index (χ4v) is 6.15. The number of rotatable bonds is 9. The van der Waals surface area contributed by atoms with Gasteiger partial charge < -0.3 is 29.4 Å². The van der Waals surface area contributed by atoms with Gasteiger partial charge >= 0.3 is 29.2 Å². The number of aromatic nitrogens is 3. The number of phosphoric ester groups is 1. The molecular weight excluding hydrogens is 522 g/mol. The number of hydrogen-bond donors (Lipinski definition) is 6. The Balaban J connectivity index is 2.33. The molecule has 4 unspecified atom stereocenters. The third-order valence-corrected chi connectivity index (χ3v) is 8.06. The van der Waals surface area contributed by atoms with Gasteiger partial charge in [0.15, 0.2) is 0 Å². The molecular formula is C12H17FN3O14P3. The van der Waals surface area contributed by atoms with Crippen molar-refractivity contribution in [2.45, 2.75) is 31.0 Å². The number of phosphoric acid groups is 3. The van der Waals surface area contributed by atoms with E-state index >= 15 is 4.39 Å². The average Bonchev–Trinajstić information content (AvgIpc) is 2.91. The van der Waals surface area contributed by atoms with Gasteiger partial charge in [-0.25, -0.2) is 22.9 Å². The van der Waals surface area contributed by atoms with Gasteiger partial charge in [-0.1, -0.05) is 5.92 Å². The number of hydrogen-bond acceptors (Lipinski definition) is 11. The van der Waals surface area contributed by atoms with Crippen LogP contribution < -0.4 is 11.2 Å². The predicted molar refractivity (Wildman–Crippen MR) is 101 cm³/mol. The lowest BCUT2D eigenvalue weighted by atomic mass is 9.86. The van der Waals surface area contributed by atoms with E-state index in [-0.39, 0.29) is 0 Å². The van der Waals surface area contributed by atoms with E-state index in [1.54, 1.807) is 10.9 Å². The minimum atomic E-state index is -5.84. The van der Waals surface area contributed by atoms with E-state index in [0.29, 0.717) is 10.9 Å². The zero-order chi connectivity index (χ0) is 25.4. The first kappa shape index (κ1) is 27.7. The molecule has 0 aliphatic carbocycles. The molecule has 0 spiro atoms. The SMILES string of the molecule is C#CC1(F)C(CO)[C@@H]([C@H](C)OP(=O)(O)OP(=O)(O)OP(=O)(O)O)O[C@H]1n1ncc(=O)[nH]c1=O. The van der Waals surface area contributed by atoms with Crippen LogP contribution in [0.4, 0.5) is 4.39 Å². The van der Waals surface area contributed by atoms with Gasteiger partial charge in [0.2, 0.25) is 11.9 Å². The molecule has 0 aromatic carbocycles. The molecule has 1 saturated heterocycles. The number of aliphatic hydroxyl groups is 1. The Hall–Kier alpha value is -1.57. The highest BCUT2D eigenvalue weighted by molar-refractivity contribution is 7.66. The summed E-state index contributed by atoms with van der Waals surface area (Å²) >= 11 is 0. The molecule has 1 fully saturated rings. The highest BCUT2D eigenvalue weighted by Crippen LogP contribution is 2.67. The van der Waals surface area contributed by atoms with Crippen LogP contribution in [0.1, 0.15) is 13.2 Å². The van der Waals surface area contributed by atoms with Crippen molar-refractivity contribution >= 4 is 23.5 Å². The summed E-state index contributed by atoms with van der Waals surface area (Å²) in [6, 6.07) is 0. The molecule has 2 heterocycles. The Labute approximate surface area is 182 Å². The van der Waals surface area contributed by atoms with Crippen LogP contribution >= 0.6 is 23.5 Å². The number of ether oxygens (including phenoxy) is 1. The summed E-state index contributed by atoms with van der Waals surface area (Å²) in [6.07, 6.45) is 0.231. The zero-order valence-corrected chi connectivity index (χ0v) is 18.9. The van der Waals surface area contributed by atoms with Crippen LogP contribution in [0.2, 0.25) is 0 Å². The van der Waals surface area contributed by atoms with Crippen LogP contribution in [0.3, 0.4) is 0 Å². The second-order valence-electron chi connectivity index (χ2n) is 6.44. The van der Waals surface area contributed by atoms with Gasteiger partial charge in [-0.05, 0) is 6.92 Å². The zero-order valence-electron chi connectivity index (χ0n) is 16.2. The number of aliphatic hydroxyl groups excluding tert-OH is 1. The van der Waals surface area contributed by atoms with Crippen molar-refractivity contribution in [1.82, 2.24) is 14.8 Å². The van der Waals surface area contributed by atoms with Crippen molar-refractivity contribution in [3.8, 4) is 12.3 Å². The largest absolute Gasteiger partial charge is 0.490 e. The monoisotopic (exact) mass is 539 g/mol. The normalized spacial score (nSPS) is 30.2. The molecule has 0 bridgehead atoms. The molecule has 2 rings (SSSR count). The van der Waals surface area contributed by atoms with Gasteiger partial charge in [-0.2, -0.15) is 18.4 Å². The van der Waals surface area contributed by atoms with E-state index < -0.39 is 71.3 Å². The van der Waals surface area contributed by atoms with Crippen molar-refractivity contribution < 1.29 is 60.6 Å². The lowest BCUT2D eigenvalue weighted by molar-refractivity contribution is -0.0799. The lowest BCUT2D eigenvalue weighted by Gasteiger charge is -2.27. The summed E-state index contributed by atoms with van der Waals surface area (Å²) in [5.74, 6) is -0.0498. The first-order chi connectivity index (χ1) is 14.9. The van der Waals surface area contributed by atoms with Crippen molar-refractivity contribution in [2.24, 2.45) is 5.92 Å². The molecule has 21 heteroatoms. The summed E-state index contributed by atoms with van der Waals surface area (Å²) in [7, 11) is -17.1. The molecule has 6 N–H and O–H groups in total. The summed E-state index contributed by atoms with van der Waals surface area (Å²) < 4.78 is 67.1. The molecule has 1 aromatic rings. The molecule has 0 saturated carbocycles. The molecule has 0 amide bonds. The number of H-pyrrole nitrogens is 1. The van der Waals surface area contributed by atoms with Crippen LogP contribution in [0.15, 0.2) is 15.8 Å². The van der Waals surface area contributed by atoms with Gasteiger partial charge in [0.25, 0.3) is 5.56 Å². The standard InChI is InChI=1S/C12H17FN3O14P3/c1-3-12(13)7(5-17)9(27-10(12)16-11(19)15-8(18)4-14-16)6(2)28-32(23,24)30-33(25,26)29-31(20,21)22/h1,4,6-7,9-10,17H,5H2,2H3,(H,23,24)(H,25,26)(H,15,18,19)(H2,20,21,22)/t6-,7?,9+,10+,12?/m0/s1. The number of alkyl halides is 1. The molecule has 186 valence electrons. The summed E-state index contributed by atoms with van der Waals surface area (Å²) in [6.45, 7) is -0.113. The van der Waals surface area contributed by atoms with Gasteiger partial charge in [0, 0.05) is 0 Å². The maximum Gasteiger partial charge on any atom is 0.490 e. The Bertz CT molecular complexity index is 1190. The van der Waals surface area contributed by atoms with Crippen LogP contribution in [-0.2, 0) is 31.6 Å². The third kappa shape index (κ3) is 6.52. The van der Waals surface area contributed by atoms with Crippen LogP contribution in [0.25, 0.3) is 0 Å².